The predicted molar refractivity (Wildman–Crippen MR) is 66.5 cm³/mol. The number of amides is 1. The van der Waals surface area contributed by atoms with Crippen LogP contribution in [0.25, 0.3) is 0 Å². The molecule has 0 aliphatic heterocycles. The van der Waals surface area contributed by atoms with Crippen molar-refractivity contribution in [1.82, 2.24) is 5.32 Å². The van der Waals surface area contributed by atoms with E-state index in [9.17, 15) is 4.79 Å². The molecule has 0 saturated carbocycles. The molecule has 0 unspecified atom stereocenters. The number of hydrogen-bond donors (Lipinski definition) is 1. The third-order valence-electron chi connectivity index (χ3n) is 1.68. The maximum atomic E-state index is 11.2. The highest BCUT2D eigenvalue weighted by Gasteiger charge is 2.19. The summed E-state index contributed by atoms with van der Waals surface area (Å²) in [5.74, 6) is 0.0644. The van der Waals surface area contributed by atoms with E-state index in [0.29, 0.717) is 13.2 Å². The fraction of sp³-hybridized carbons (Fsp3) is 0.917. The van der Waals surface area contributed by atoms with Crippen LogP contribution in [0.4, 0.5) is 0 Å². The van der Waals surface area contributed by atoms with Gasteiger partial charge in [0.25, 0.3) is 0 Å². The summed E-state index contributed by atoms with van der Waals surface area (Å²) in [6, 6.07) is 0. The molecule has 0 rings (SSSR count). The van der Waals surface area contributed by atoms with Gasteiger partial charge >= 0.3 is 0 Å². The van der Waals surface area contributed by atoms with Gasteiger partial charge in [-0.3, -0.25) is 4.79 Å². The van der Waals surface area contributed by atoms with Crippen LogP contribution in [0.15, 0.2) is 0 Å². The van der Waals surface area contributed by atoms with Gasteiger partial charge in [0.05, 0.1) is 6.61 Å². The van der Waals surface area contributed by atoms with Crippen LogP contribution in [0.2, 0.25) is 0 Å². The lowest BCUT2D eigenvalue weighted by molar-refractivity contribution is -0.128. The number of nitrogens with one attached hydrogen (secondary N) is 1. The van der Waals surface area contributed by atoms with E-state index in [-0.39, 0.29) is 11.3 Å². The Bertz CT molecular complexity index is 162. The largest absolute Gasteiger partial charge is 0.385 e. The van der Waals surface area contributed by atoms with E-state index in [2.05, 4.69) is 12.2 Å². The lowest BCUT2D eigenvalue weighted by Crippen LogP contribution is -2.36. The number of carbonyl (C=O) groups is 1. The Morgan fingerprint density at radius 1 is 1.12 bits per heavy atom. The zero-order valence-corrected chi connectivity index (χ0v) is 11.6. The van der Waals surface area contributed by atoms with Crippen molar-refractivity contribution in [3.8, 4) is 0 Å². The fourth-order valence-corrected chi connectivity index (χ4v) is 0.736. The standard InChI is InChI=1S/C8H17NO2.C4H10O/c1-8(2,3)7(10)9-5-6-11-4;1-3-4-5-2/h5-6H2,1-4H3,(H,9,10);3-4H2,1-2H3. The van der Waals surface area contributed by atoms with Gasteiger partial charge in [0.15, 0.2) is 0 Å². The maximum absolute atomic E-state index is 11.2. The van der Waals surface area contributed by atoms with E-state index in [1.54, 1.807) is 14.2 Å². The molecule has 0 heterocycles. The second kappa shape index (κ2) is 10.9. The van der Waals surface area contributed by atoms with Crippen LogP contribution in [0.1, 0.15) is 34.1 Å². The SMILES string of the molecule is CCCOC.COCCNC(=O)C(C)(C)C. The molecule has 0 atom stereocenters. The fourth-order valence-electron chi connectivity index (χ4n) is 0.736. The van der Waals surface area contributed by atoms with Crippen LogP contribution in [0.3, 0.4) is 0 Å². The average Bonchev–Trinajstić information content (AvgIpc) is 2.19. The molecule has 0 spiro atoms. The van der Waals surface area contributed by atoms with Gasteiger partial charge in [-0.05, 0) is 6.42 Å². The quantitative estimate of drug-likeness (QED) is 0.737. The van der Waals surface area contributed by atoms with Crippen LogP contribution in [-0.4, -0.2) is 39.9 Å². The van der Waals surface area contributed by atoms with E-state index >= 15 is 0 Å². The molecule has 0 bridgehead atoms. The van der Waals surface area contributed by atoms with Crippen molar-refractivity contribution < 1.29 is 14.3 Å². The second-order valence-electron chi connectivity index (χ2n) is 4.49. The summed E-state index contributed by atoms with van der Waals surface area (Å²) in [7, 11) is 3.33. The number of hydrogen-bond acceptors (Lipinski definition) is 3. The molecule has 4 heteroatoms. The van der Waals surface area contributed by atoms with Gasteiger partial charge in [-0.2, -0.15) is 0 Å². The van der Waals surface area contributed by atoms with Gasteiger partial charge in [-0.1, -0.05) is 27.7 Å². The monoisotopic (exact) mass is 233 g/mol. The maximum Gasteiger partial charge on any atom is 0.225 e. The van der Waals surface area contributed by atoms with Crippen molar-refractivity contribution in [3.63, 3.8) is 0 Å². The van der Waals surface area contributed by atoms with Crippen LogP contribution in [0, 0.1) is 5.41 Å². The molecule has 1 N–H and O–H groups in total. The van der Waals surface area contributed by atoms with Crippen LogP contribution in [0.5, 0.6) is 0 Å². The summed E-state index contributed by atoms with van der Waals surface area (Å²) in [4.78, 5) is 11.2. The molecule has 0 aromatic rings. The van der Waals surface area contributed by atoms with E-state index in [4.69, 9.17) is 9.47 Å². The number of rotatable bonds is 5. The van der Waals surface area contributed by atoms with Gasteiger partial charge in [-0.15, -0.1) is 0 Å². The first-order chi connectivity index (χ1) is 7.40. The van der Waals surface area contributed by atoms with E-state index in [1.807, 2.05) is 20.8 Å². The lowest BCUT2D eigenvalue weighted by atomic mass is 9.96. The van der Waals surface area contributed by atoms with E-state index in [1.165, 1.54) is 0 Å². The van der Waals surface area contributed by atoms with Gasteiger partial charge < -0.3 is 14.8 Å². The van der Waals surface area contributed by atoms with Gasteiger partial charge in [0, 0.05) is 32.8 Å². The first kappa shape index (κ1) is 17.8. The summed E-state index contributed by atoms with van der Waals surface area (Å²) in [5.41, 5.74) is -0.298. The molecule has 1 amide bonds. The molecule has 98 valence electrons. The topological polar surface area (TPSA) is 47.6 Å². The summed E-state index contributed by atoms with van der Waals surface area (Å²) < 4.78 is 9.48. The average molecular weight is 233 g/mol. The van der Waals surface area contributed by atoms with Crippen LogP contribution < -0.4 is 5.32 Å². The van der Waals surface area contributed by atoms with Crippen molar-refractivity contribution in [1.29, 1.82) is 0 Å². The van der Waals surface area contributed by atoms with E-state index in [0.717, 1.165) is 13.0 Å². The number of carbonyl (C=O) groups excluding carboxylic acids is 1. The Labute approximate surface area is 99.7 Å². The highest BCUT2D eigenvalue weighted by Crippen LogP contribution is 2.11. The minimum atomic E-state index is -0.298. The van der Waals surface area contributed by atoms with Crippen molar-refractivity contribution in [2.24, 2.45) is 5.41 Å². The minimum absolute atomic E-state index is 0.0644. The van der Waals surface area contributed by atoms with Crippen molar-refractivity contribution in [2.45, 2.75) is 34.1 Å². The molecule has 0 aliphatic carbocycles. The zero-order chi connectivity index (χ0) is 13.0. The van der Waals surface area contributed by atoms with Crippen LogP contribution in [-0.2, 0) is 14.3 Å². The summed E-state index contributed by atoms with van der Waals surface area (Å²) in [5, 5.41) is 2.76. The Morgan fingerprint density at radius 2 is 1.62 bits per heavy atom. The smallest absolute Gasteiger partial charge is 0.225 e. The van der Waals surface area contributed by atoms with Gasteiger partial charge in [-0.25, -0.2) is 0 Å². The van der Waals surface area contributed by atoms with Crippen molar-refractivity contribution >= 4 is 5.91 Å². The molecule has 0 saturated heterocycles. The number of ether oxygens (including phenoxy) is 2. The number of methoxy groups -OCH3 is 2. The summed E-state index contributed by atoms with van der Waals surface area (Å²) in [6.07, 6.45) is 1.12. The first-order valence-corrected chi connectivity index (χ1v) is 5.66. The van der Waals surface area contributed by atoms with Gasteiger partial charge in [0.2, 0.25) is 5.91 Å². The molecular formula is C12H27NO3. The minimum Gasteiger partial charge on any atom is -0.385 e. The molecule has 0 aliphatic rings. The van der Waals surface area contributed by atoms with E-state index < -0.39 is 0 Å². The Balaban J connectivity index is 0. The third kappa shape index (κ3) is 13.4. The Hall–Kier alpha value is -0.610. The Kier molecular flexibility index (Phi) is 12.1. The summed E-state index contributed by atoms with van der Waals surface area (Å²) >= 11 is 0. The second-order valence-corrected chi connectivity index (χ2v) is 4.49. The predicted octanol–water partition coefficient (Wildman–Crippen LogP) is 1.84. The lowest BCUT2D eigenvalue weighted by Gasteiger charge is -2.17. The molecule has 0 aromatic heterocycles. The molecule has 0 aromatic carbocycles. The molecule has 16 heavy (non-hydrogen) atoms. The van der Waals surface area contributed by atoms with Gasteiger partial charge in [0.1, 0.15) is 0 Å². The van der Waals surface area contributed by atoms with Crippen molar-refractivity contribution in [3.05, 3.63) is 0 Å². The molecule has 0 fully saturated rings. The van der Waals surface area contributed by atoms with Crippen molar-refractivity contribution in [2.75, 3.05) is 34.0 Å². The normalized spacial score (nSPS) is 10.4. The zero-order valence-electron chi connectivity index (χ0n) is 11.6. The van der Waals surface area contributed by atoms with Crippen LogP contribution >= 0.6 is 0 Å². The Morgan fingerprint density at radius 3 is 1.88 bits per heavy atom. The molecule has 4 nitrogen and oxygen atoms in total. The first-order valence-electron chi connectivity index (χ1n) is 5.66. The molecular weight excluding hydrogens is 206 g/mol. The highest BCUT2D eigenvalue weighted by molar-refractivity contribution is 5.81. The molecule has 0 radical (unpaired) electrons. The highest BCUT2D eigenvalue weighted by atomic mass is 16.5. The third-order valence-corrected chi connectivity index (χ3v) is 1.68. The summed E-state index contributed by atoms with van der Waals surface area (Å²) in [6.45, 7) is 9.79.